The van der Waals surface area contributed by atoms with Crippen molar-refractivity contribution >= 4 is 35.3 Å². The van der Waals surface area contributed by atoms with Crippen LogP contribution in [0, 0.1) is 5.41 Å². The van der Waals surface area contributed by atoms with Crippen molar-refractivity contribution in [3.63, 3.8) is 0 Å². The van der Waals surface area contributed by atoms with E-state index in [1.54, 1.807) is 23.5 Å². The van der Waals surface area contributed by atoms with Crippen LogP contribution >= 0.6 is 23.5 Å². The van der Waals surface area contributed by atoms with E-state index in [-0.39, 0.29) is 5.78 Å². The number of fused-ring (bicyclic) bond motifs is 2. The van der Waals surface area contributed by atoms with E-state index in [0.29, 0.717) is 6.42 Å². The number of methoxy groups -OCH3 is 1. The van der Waals surface area contributed by atoms with Gasteiger partial charge >= 0.3 is 5.97 Å². The van der Waals surface area contributed by atoms with Gasteiger partial charge in [-0.05, 0) is 24.5 Å². The van der Waals surface area contributed by atoms with Crippen molar-refractivity contribution in [2.24, 2.45) is 5.41 Å². The van der Waals surface area contributed by atoms with Gasteiger partial charge in [0.15, 0.2) is 5.41 Å². The largest absolute Gasteiger partial charge is 0.468 e. The molecule has 3 nitrogen and oxygen atoms in total. The molecule has 3 rings (SSSR count). The van der Waals surface area contributed by atoms with Crippen molar-refractivity contribution in [2.45, 2.75) is 17.4 Å². The number of ether oxygens (including phenoxy) is 1. The van der Waals surface area contributed by atoms with Crippen molar-refractivity contribution in [3.8, 4) is 0 Å². The molecule has 0 bridgehead atoms. The Morgan fingerprint density at radius 3 is 2.45 bits per heavy atom. The zero-order valence-electron chi connectivity index (χ0n) is 11.5. The zero-order valence-corrected chi connectivity index (χ0v) is 13.1. The molecule has 1 spiro atoms. The summed E-state index contributed by atoms with van der Waals surface area (Å²) < 4.78 is 4.52. The number of carbonyl (C=O) groups excluding carboxylic acids is 2. The first-order chi connectivity index (χ1) is 9.58. The molecule has 0 radical (unpaired) electrons. The summed E-state index contributed by atoms with van der Waals surface area (Å²) in [6.45, 7) is 1.52. The summed E-state index contributed by atoms with van der Waals surface area (Å²) in [4.78, 5) is 25.0. The molecule has 0 N–H and O–H groups in total. The Labute approximate surface area is 126 Å². The summed E-state index contributed by atoms with van der Waals surface area (Å²) in [5.74, 6) is 1.40. The van der Waals surface area contributed by atoms with Crippen molar-refractivity contribution in [3.05, 3.63) is 35.4 Å². The van der Waals surface area contributed by atoms with Gasteiger partial charge in [0.05, 0.1) is 7.11 Å². The number of hydrogen-bond acceptors (Lipinski definition) is 5. The monoisotopic (exact) mass is 308 g/mol. The fourth-order valence-corrected chi connectivity index (χ4v) is 7.20. The molecule has 2 aliphatic rings. The van der Waals surface area contributed by atoms with Gasteiger partial charge in [0.25, 0.3) is 0 Å². The molecule has 1 heterocycles. The Balaban J connectivity index is 2.26. The molecule has 0 saturated carbocycles. The molecule has 106 valence electrons. The SMILES string of the molecule is COC(=O)C1(C(C)=O)Cc2ccccc2C12SCCS2. The first-order valence-corrected chi connectivity index (χ1v) is 8.51. The van der Waals surface area contributed by atoms with Gasteiger partial charge in [0, 0.05) is 11.5 Å². The average Bonchev–Trinajstić information content (AvgIpc) is 3.04. The summed E-state index contributed by atoms with van der Waals surface area (Å²) >= 11 is 3.43. The maximum Gasteiger partial charge on any atom is 0.322 e. The number of benzene rings is 1. The van der Waals surface area contributed by atoms with E-state index < -0.39 is 15.5 Å². The van der Waals surface area contributed by atoms with E-state index in [1.807, 2.05) is 24.3 Å². The molecular formula is C15H16O3S2. The lowest BCUT2D eigenvalue weighted by molar-refractivity contribution is -0.157. The number of hydrogen-bond donors (Lipinski definition) is 0. The fourth-order valence-electron chi connectivity index (χ4n) is 3.32. The number of rotatable bonds is 2. The zero-order chi connectivity index (χ0) is 14.4. The number of ketones is 1. The van der Waals surface area contributed by atoms with Crippen LogP contribution in [-0.4, -0.2) is 30.4 Å². The van der Waals surface area contributed by atoms with Gasteiger partial charge in [0.1, 0.15) is 9.86 Å². The lowest BCUT2D eigenvalue weighted by Gasteiger charge is -2.38. The van der Waals surface area contributed by atoms with Crippen LogP contribution in [0.1, 0.15) is 18.1 Å². The summed E-state index contributed by atoms with van der Waals surface area (Å²) in [6, 6.07) is 8.01. The highest BCUT2D eigenvalue weighted by molar-refractivity contribution is 8.20. The van der Waals surface area contributed by atoms with Gasteiger partial charge in [-0.3, -0.25) is 9.59 Å². The minimum atomic E-state index is -1.09. The van der Waals surface area contributed by atoms with Crippen LogP contribution in [0.2, 0.25) is 0 Å². The standard InChI is InChI=1S/C15H16O3S2/c1-10(16)14(13(17)18-2)9-11-5-3-4-6-12(11)15(14)19-7-8-20-15/h3-6H,7-9H2,1-2H3. The minimum Gasteiger partial charge on any atom is -0.468 e. The predicted molar refractivity (Wildman–Crippen MR) is 81.9 cm³/mol. The predicted octanol–water partition coefficient (Wildman–Crippen LogP) is 2.62. The molecule has 20 heavy (non-hydrogen) atoms. The van der Waals surface area contributed by atoms with Crippen molar-refractivity contribution in [2.75, 3.05) is 18.6 Å². The third-order valence-electron chi connectivity index (χ3n) is 4.22. The van der Waals surface area contributed by atoms with Gasteiger partial charge in [-0.1, -0.05) is 24.3 Å². The lowest BCUT2D eigenvalue weighted by atomic mass is 9.80. The maximum atomic E-state index is 12.5. The smallest absolute Gasteiger partial charge is 0.322 e. The average molecular weight is 308 g/mol. The van der Waals surface area contributed by atoms with Gasteiger partial charge < -0.3 is 4.74 Å². The highest BCUT2D eigenvalue weighted by Gasteiger charge is 2.67. The Morgan fingerprint density at radius 2 is 1.85 bits per heavy atom. The topological polar surface area (TPSA) is 43.4 Å². The van der Waals surface area contributed by atoms with E-state index >= 15 is 0 Å². The molecule has 1 aliphatic heterocycles. The van der Waals surface area contributed by atoms with Crippen LogP contribution in [0.5, 0.6) is 0 Å². The molecule has 1 unspecified atom stereocenters. The highest BCUT2D eigenvalue weighted by atomic mass is 32.2. The lowest BCUT2D eigenvalue weighted by Crippen LogP contribution is -2.49. The molecule has 1 saturated heterocycles. The third-order valence-corrected chi connectivity index (χ3v) is 7.95. The molecule has 1 atom stereocenters. The maximum absolute atomic E-state index is 12.5. The molecule has 0 aromatic heterocycles. The first-order valence-electron chi connectivity index (χ1n) is 6.54. The Hall–Kier alpha value is -0.940. The van der Waals surface area contributed by atoms with E-state index in [2.05, 4.69) is 0 Å². The second-order valence-electron chi connectivity index (χ2n) is 5.10. The Kier molecular flexibility index (Phi) is 3.37. The van der Waals surface area contributed by atoms with E-state index in [1.165, 1.54) is 14.0 Å². The number of thioether (sulfide) groups is 2. The van der Waals surface area contributed by atoms with Gasteiger partial charge in [-0.15, -0.1) is 23.5 Å². The summed E-state index contributed by atoms with van der Waals surface area (Å²) in [5, 5.41) is 0. The van der Waals surface area contributed by atoms with Crippen LogP contribution in [0.4, 0.5) is 0 Å². The Morgan fingerprint density at radius 1 is 1.20 bits per heavy atom. The summed E-state index contributed by atoms with van der Waals surface area (Å²) in [6.07, 6.45) is 0.450. The van der Waals surface area contributed by atoms with Crippen LogP contribution < -0.4 is 0 Å². The second kappa shape index (κ2) is 4.81. The van der Waals surface area contributed by atoms with Crippen LogP contribution in [0.3, 0.4) is 0 Å². The molecule has 1 aliphatic carbocycles. The summed E-state index contributed by atoms with van der Waals surface area (Å²) in [5.41, 5.74) is 1.13. The number of Topliss-reactive ketones (excluding diaryl/α,β-unsaturated/α-hetero) is 1. The van der Waals surface area contributed by atoms with Gasteiger partial charge in [-0.25, -0.2) is 0 Å². The minimum absolute atomic E-state index is 0.0950. The van der Waals surface area contributed by atoms with E-state index in [4.69, 9.17) is 4.74 Å². The number of carbonyl (C=O) groups is 2. The van der Waals surface area contributed by atoms with Crippen LogP contribution in [-0.2, 0) is 24.8 Å². The number of esters is 1. The Bertz CT molecular complexity index is 578. The molecule has 1 aromatic carbocycles. The van der Waals surface area contributed by atoms with Crippen molar-refractivity contribution < 1.29 is 14.3 Å². The molecule has 0 amide bonds. The summed E-state index contributed by atoms with van der Waals surface area (Å²) in [7, 11) is 1.37. The van der Waals surface area contributed by atoms with Gasteiger partial charge in [-0.2, -0.15) is 0 Å². The molecule has 1 aromatic rings. The quantitative estimate of drug-likeness (QED) is 0.621. The molecule has 1 fully saturated rings. The van der Waals surface area contributed by atoms with Gasteiger partial charge in [0.2, 0.25) is 0 Å². The van der Waals surface area contributed by atoms with Crippen LogP contribution in [0.25, 0.3) is 0 Å². The first kappa shape index (κ1) is 14.0. The second-order valence-corrected chi connectivity index (χ2v) is 7.98. The van der Waals surface area contributed by atoms with E-state index in [9.17, 15) is 9.59 Å². The third kappa shape index (κ3) is 1.56. The molecule has 5 heteroatoms. The fraction of sp³-hybridized carbons (Fsp3) is 0.467. The molecular weight excluding hydrogens is 292 g/mol. The highest BCUT2D eigenvalue weighted by Crippen LogP contribution is 2.67. The van der Waals surface area contributed by atoms with Crippen LogP contribution in [0.15, 0.2) is 24.3 Å². The van der Waals surface area contributed by atoms with Crippen molar-refractivity contribution in [1.82, 2.24) is 0 Å². The van der Waals surface area contributed by atoms with E-state index in [0.717, 1.165) is 22.6 Å². The van der Waals surface area contributed by atoms with Crippen molar-refractivity contribution in [1.29, 1.82) is 0 Å². The normalized spacial score (nSPS) is 26.5.